The molecule has 1 amide bonds. The van der Waals surface area contributed by atoms with Gasteiger partial charge in [-0.2, -0.15) is 0 Å². The van der Waals surface area contributed by atoms with Crippen LogP contribution in [0.5, 0.6) is 5.75 Å². The van der Waals surface area contributed by atoms with Gasteiger partial charge in [0, 0.05) is 30.5 Å². The van der Waals surface area contributed by atoms with E-state index in [1.807, 2.05) is 30.3 Å². The van der Waals surface area contributed by atoms with Crippen LogP contribution in [-0.2, 0) is 11.2 Å². The van der Waals surface area contributed by atoms with Crippen LogP contribution in [0.4, 0.5) is 0 Å². The summed E-state index contributed by atoms with van der Waals surface area (Å²) in [4.78, 5) is 12.1. The second kappa shape index (κ2) is 7.99. The van der Waals surface area contributed by atoms with Gasteiger partial charge in [-0.05, 0) is 25.0 Å². The molecule has 0 saturated heterocycles. The number of hydrogen-bond donors (Lipinski definition) is 1. The first-order chi connectivity index (χ1) is 11.8. The lowest BCUT2D eigenvalue weighted by Crippen LogP contribution is -2.33. The lowest BCUT2D eigenvalue weighted by Gasteiger charge is -2.20. The Labute approximate surface area is 142 Å². The maximum atomic E-state index is 12.1. The molecule has 5 heteroatoms. The molecule has 1 aliphatic rings. The fraction of sp³-hybridized carbons (Fsp3) is 0.474. The van der Waals surface area contributed by atoms with E-state index in [4.69, 9.17) is 9.26 Å². The van der Waals surface area contributed by atoms with Crippen molar-refractivity contribution in [1.82, 2.24) is 10.5 Å². The maximum Gasteiger partial charge on any atom is 0.223 e. The molecule has 1 N–H and O–H groups in total. The fourth-order valence-electron chi connectivity index (χ4n) is 3.16. The molecule has 1 saturated carbocycles. The van der Waals surface area contributed by atoms with E-state index in [9.17, 15) is 4.79 Å². The summed E-state index contributed by atoms with van der Waals surface area (Å²) in [6, 6.07) is 9.59. The highest BCUT2D eigenvalue weighted by atomic mass is 16.5. The monoisotopic (exact) mass is 328 g/mol. The number of carbonyl (C=O) groups is 1. The van der Waals surface area contributed by atoms with Crippen LogP contribution in [0.1, 0.15) is 37.8 Å². The molecule has 2 aromatic rings. The molecule has 1 heterocycles. The first-order valence-electron chi connectivity index (χ1n) is 8.64. The van der Waals surface area contributed by atoms with E-state index in [0.29, 0.717) is 18.7 Å². The van der Waals surface area contributed by atoms with Gasteiger partial charge in [-0.15, -0.1) is 0 Å². The Kier molecular flexibility index (Phi) is 5.51. The SMILES string of the molecule is COc1cccc(-c2cc(CCNC(=O)C3CCCCC3)no2)c1. The lowest BCUT2D eigenvalue weighted by atomic mass is 9.89. The maximum absolute atomic E-state index is 12.1. The summed E-state index contributed by atoms with van der Waals surface area (Å²) in [6.07, 6.45) is 6.32. The number of nitrogens with zero attached hydrogens (tertiary/aromatic N) is 1. The van der Waals surface area contributed by atoms with E-state index in [2.05, 4.69) is 10.5 Å². The van der Waals surface area contributed by atoms with E-state index < -0.39 is 0 Å². The first kappa shape index (κ1) is 16.6. The molecule has 0 unspecified atom stereocenters. The van der Waals surface area contributed by atoms with Gasteiger partial charge in [-0.25, -0.2) is 0 Å². The van der Waals surface area contributed by atoms with Gasteiger partial charge in [0.2, 0.25) is 5.91 Å². The van der Waals surface area contributed by atoms with Crippen molar-refractivity contribution >= 4 is 5.91 Å². The third-order valence-corrected chi connectivity index (χ3v) is 4.57. The molecule has 0 radical (unpaired) electrons. The Morgan fingerprint density at radius 1 is 1.29 bits per heavy atom. The summed E-state index contributed by atoms with van der Waals surface area (Å²) in [5.74, 6) is 1.88. The zero-order valence-corrected chi connectivity index (χ0v) is 14.1. The van der Waals surface area contributed by atoms with Gasteiger partial charge in [-0.1, -0.05) is 36.6 Å². The number of rotatable bonds is 6. The van der Waals surface area contributed by atoms with Crippen LogP contribution in [0.25, 0.3) is 11.3 Å². The molecular formula is C19H24N2O3. The van der Waals surface area contributed by atoms with E-state index in [1.165, 1.54) is 19.3 Å². The minimum atomic E-state index is 0.186. The van der Waals surface area contributed by atoms with Crippen molar-refractivity contribution in [2.24, 2.45) is 5.92 Å². The van der Waals surface area contributed by atoms with E-state index in [1.54, 1.807) is 7.11 Å². The zero-order valence-electron chi connectivity index (χ0n) is 14.1. The van der Waals surface area contributed by atoms with Gasteiger partial charge in [0.05, 0.1) is 12.8 Å². The molecule has 128 valence electrons. The van der Waals surface area contributed by atoms with Crippen molar-refractivity contribution in [3.8, 4) is 17.1 Å². The normalized spacial score (nSPS) is 15.2. The Balaban J connectivity index is 1.51. The summed E-state index contributed by atoms with van der Waals surface area (Å²) in [6.45, 7) is 0.597. The molecule has 1 fully saturated rings. The van der Waals surface area contributed by atoms with Gasteiger partial charge >= 0.3 is 0 Å². The molecule has 0 spiro atoms. The molecule has 1 aromatic heterocycles. The molecule has 1 aliphatic carbocycles. The Hall–Kier alpha value is -2.30. The second-order valence-corrected chi connectivity index (χ2v) is 6.29. The number of aromatic nitrogens is 1. The van der Waals surface area contributed by atoms with E-state index >= 15 is 0 Å². The summed E-state index contributed by atoms with van der Waals surface area (Å²) in [5.41, 5.74) is 1.77. The molecule has 1 aromatic carbocycles. The highest BCUT2D eigenvalue weighted by molar-refractivity contribution is 5.78. The molecule has 0 aliphatic heterocycles. The zero-order chi connectivity index (χ0) is 16.8. The van der Waals surface area contributed by atoms with Crippen molar-refractivity contribution in [3.63, 3.8) is 0 Å². The van der Waals surface area contributed by atoms with Crippen molar-refractivity contribution < 1.29 is 14.1 Å². The largest absolute Gasteiger partial charge is 0.497 e. The number of benzene rings is 1. The van der Waals surface area contributed by atoms with Crippen LogP contribution < -0.4 is 10.1 Å². The Morgan fingerprint density at radius 2 is 2.12 bits per heavy atom. The molecule has 0 atom stereocenters. The predicted molar refractivity (Wildman–Crippen MR) is 91.8 cm³/mol. The highest BCUT2D eigenvalue weighted by Crippen LogP contribution is 2.25. The molecule has 24 heavy (non-hydrogen) atoms. The smallest absolute Gasteiger partial charge is 0.223 e. The van der Waals surface area contributed by atoms with Gasteiger partial charge < -0.3 is 14.6 Å². The third kappa shape index (κ3) is 4.16. The van der Waals surface area contributed by atoms with Crippen molar-refractivity contribution in [1.29, 1.82) is 0 Å². The van der Waals surface area contributed by atoms with E-state index in [-0.39, 0.29) is 11.8 Å². The van der Waals surface area contributed by atoms with Gasteiger partial charge in [0.1, 0.15) is 5.75 Å². The van der Waals surface area contributed by atoms with Crippen LogP contribution in [0.2, 0.25) is 0 Å². The summed E-state index contributed by atoms with van der Waals surface area (Å²) >= 11 is 0. The number of carbonyl (C=O) groups excluding carboxylic acids is 1. The number of methoxy groups -OCH3 is 1. The predicted octanol–water partition coefficient (Wildman–Crippen LogP) is 3.59. The molecule has 5 nitrogen and oxygen atoms in total. The Morgan fingerprint density at radius 3 is 2.92 bits per heavy atom. The van der Waals surface area contributed by atoms with E-state index in [0.717, 1.165) is 29.8 Å². The number of amides is 1. The minimum absolute atomic E-state index is 0.186. The molecule has 3 rings (SSSR count). The minimum Gasteiger partial charge on any atom is -0.497 e. The first-order valence-corrected chi connectivity index (χ1v) is 8.64. The quantitative estimate of drug-likeness (QED) is 0.880. The van der Waals surface area contributed by atoms with Crippen molar-refractivity contribution in [3.05, 3.63) is 36.0 Å². The van der Waals surface area contributed by atoms with Crippen LogP contribution in [-0.4, -0.2) is 24.7 Å². The number of nitrogens with one attached hydrogen (secondary N) is 1. The summed E-state index contributed by atoms with van der Waals surface area (Å²) in [5, 5.41) is 7.12. The lowest BCUT2D eigenvalue weighted by molar-refractivity contribution is -0.125. The molecular weight excluding hydrogens is 304 g/mol. The van der Waals surface area contributed by atoms with Crippen LogP contribution >= 0.6 is 0 Å². The highest BCUT2D eigenvalue weighted by Gasteiger charge is 2.20. The fourth-order valence-corrected chi connectivity index (χ4v) is 3.16. The summed E-state index contributed by atoms with van der Waals surface area (Å²) in [7, 11) is 1.64. The van der Waals surface area contributed by atoms with Crippen molar-refractivity contribution in [2.75, 3.05) is 13.7 Å². The topological polar surface area (TPSA) is 64.4 Å². The standard InChI is InChI=1S/C19H24N2O3/c1-23-17-9-5-8-15(12-17)18-13-16(21-24-18)10-11-20-19(22)14-6-3-2-4-7-14/h5,8-9,12-14H,2-4,6-7,10-11H2,1H3,(H,20,22). The van der Waals surface area contributed by atoms with Gasteiger partial charge in [-0.3, -0.25) is 4.79 Å². The second-order valence-electron chi connectivity index (χ2n) is 6.29. The molecule has 0 bridgehead atoms. The van der Waals surface area contributed by atoms with Crippen LogP contribution in [0.15, 0.2) is 34.9 Å². The number of ether oxygens (including phenoxy) is 1. The summed E-state index contributed by atoms with van der Waals surface area (Å²) < 4.78 is 10.6. The third-order valence-electron chi connectivity index (χ3n) is 4.57. The number of hydrogen-bond acceptors (Lipinski definition) is 4. The van der Waals surface area contributed by atoms with Crippen LogP contribution in [0, 0.1) is 5.92 Å². The average molecular weight is 328 g/mol. The Bertz CT molecular complexity index is 675. The average Bonchev–Trinajstić information content (AvgIpc) is 3.11. The van der Waals surface area contributed by atoms with Gasteiger partial charge in [0.15, 0.2) is 5.76 Å². The van der Waals surface area contributed by atoms with Crippen LogP contribution in [0.3, 0.4) is 0 Å². The van der Waals surface area contributed by atoms with Crippen molar-refractivity contribution in [2.45, 2.75) is 38.5 Å². The van der Waals surface area contributed by atoms with Gasteiger partial charge in [0.25, 0.3) is 0 Å².